The van der Waals surface area contributed by atoms with Crippen molar-refractivity contribution in [2.75, 3.05) is 36.4 Å². The Balaban J connectivity index is 1.47. The molecule has 0 aliphatic carbocycles. The number of piperazine rings is 1. The number of rotatable bonds is 5. The van der Waals surface area contributed by atoms with Crippen molar-refractivity contribution in [3.05, 3.63) is 89.2 Å². The first-order chi connectivity index (χ1) is 15.7. The Morgan fingerprint density at radius 2 is 1.61 bits per heavy atom. The van der Waals surface area contributed by atoms with Gasteiger partial charge in [-0.1, -0.05) is 18.2 Å². The quantitative estimate of drug-likeness (QED) is 0.611. The van der Waals surface area contributed by atoms with E-state index in [9.17, 15) is 17.6 Å². The third-order valence-corrected chi connectivity index (χ3v) is 7.70. The number of sulfonamides is 1. The van der Waals surface area contributed by atoms with Crippen molar-refractivity contribution in [2.45, 2.75) is 18.7 Å². The average Bonchev–Trinajstić information content (AvgIpc) is 2.82. The molecule has 3 aromatic carbocycles. The van der Waals surface area contributed by atoms with Crippen LogP contribution in [0.15, 0.2) is 71.6 Å². The Morgan fingerprint density at radius 1 is 0.909 bits per heavy atom. The van der Waals surface area contributed by atoms with Crippen LogP contribution in [-0.4, -0.2) is 44.8 Å². The molecule has 1 aliphatic heterocycles. The first-order valence-corrected chi connectivity index (χ1v) is 12.2. The lowest BCUT2D eigenvalue weighted by Crippen LogP contribution is -2.48. The normalized spacial score (nSPS) is 14.8. The number of carbonyl (C=O) groups excluding carboxylic acids is 1. The fourth-order valence-corrected chi connectivity index (χ4v) is 5.32. The number of halogens is 1. The molecule has 1 heterocycles. The van der Waals surface area contributed by atoms with Crippen LogP contribution in [0.25, 0.3) is 0 Å². The molecule has 0 saturated carbocycles. The van der Waals surface area contributed by atoms with Gasteiger partial charge < -0.3 is 10.2 Å². The van der Waals surface area contributed by atoms with Gasteiger partial charge in [-0.15, -0.1) is 0 Å². The van der Waals surface area contributed by atoms with Gasteiger partial charge in [-0.25, -0.2) is 12.8 Å². The van der Waals surface area contributed by atoms with Gasteiger partial charge in [-0.3, -0.25) is 4.79 Å². The minimum absolute atomic E-state index is 0.0892. The average molecular weight is 468 g/mol. The van der Waals surface area contributed by atoms with Crippen LogP contribution in [0.2, 0.25) is 0 Å². The van der Waals surface area contributed by atoms with Crippen LogP contribution in [0.4, 0.5) is 15.8 Å². The lowest BCUT2D eigenvalue weighted by atomic mass is 10.1. The maximum Gasteiger partial charge on any atom is 0.255 e. The van der Waals surface area contributed by atoms with E-state index in [0.29, 0.717) is 31.9 Å². The molecule has 1 saturated heterocycles. The molecule has 0 bridgehead atoms. The Hall–Kier alpha value is -3.23. The Kier molecular flexibility index (Phi) is 6.49. The number of nitrogens with zero attached hydrogens (tertiary/aromatic N) is 2. The summed E-state index contributed by atoms with van der Waals surface area (Å²) in [5.41, 5.74) is 3.79. The lowest BCUT2D eigenvalue weighted by molar-refractivity contribution is 0.102. The molecule has 1 amide bonds. The monoisotopic (exact) mass is 467 g/mol. The molecule has 6 nitrogen and oxygen atoms in total. The summed E-state index contributed by atoms with van der Waals surface area (Å²) >= 11 is 0. The number of aryl methyl sites for hydroxylation is 2. The molecule has 0 unspecified atom stereocenters. The van der Waals surface area contributed by atoms with E-state index in [2.05, 4.69) is 5.32 Å². The molecule has 0 atom stereocenters. The van der Waals surface area contributed by atoms with Gasteiger partial charge in [0, 0.05) is 43.1 Å². The van der Waals surface area contributed by atoms with E-state index in [1.807, 2.05) is 36.9 Å². The van der Waals surface area contributed by atoms with Crippen LogP contribution in [0.3, 0.4) is 0 Å². The fraction of sp³-hybridized carbons (Fsp3) is 0.240. The topological polar surface area (TPSA) is 69.7 Å². The number of hydrogen-bond donors (Lipinski definition) is 1. The lowest BCUT2D eigenvalue weighted by Gasteiger charge is -2.35. The smallest absolute Gasteiger partial charge is 0.255 e. The summed E-state index contributed by atoms with van der Waals surface area (Å²) in [5, 5.41) is 2.87. The van der Waals surface area contributed by atoms with Crippen LogP contribution >= 0.6 is 0 Å². The van der Waals surface area contributed by atoms with Crippen LogP contribution in [0.1, 0.15) is 21.5 Å². The maximum absolute atomic E-state index is 13.2. The second-order valence-corrected chi connectivity index (χ2v) is 10.1. The molecule has 1 aliphatic rings. The molecular weight excluding hydrogens is 441 g/mol. The van der Waals surface area contributed by atoms with E-state index in [-0.39, 0.29) is 22.2 Å². The fourth-order valence-electron chi connectivity index (χ4n) is 3.85. The molecule has 0 aromatic heterocycles. The first kappa shape index (κ1) is 22.9. The van der Waals surface area contributed by atoms with Gasteiger partial charge in [0.15, 0.2) is 0 Å². The van der Waals surface area contributed by atoms with Gasteiger partial charge in [0.05, 0.1) is 4.90 Å². The highest BCUT2D eigenvalue weighted by Gasteiger charge is 2.29. The van der Waals surface area contributed by atoms with Gasteiger partial charge in [0.1, 0.15) is 5.82 Å². The van der Waals surface area contributed by atoms with Crippen LogP contribution in [0, 0.1) is 19.7 Å². The highest BCUT2D eigenvalue weighted by atomic mass is 32.2. The molecule has 172 valence electrons. The van der Waals surface area contributed by atoms with Crippen molar-refractivity contribution >= 4 is 27.3 Å². The van der Waals surface area contributed by atoms with Crippen molar-refractivity contribution in [1.29, 1.82) is 0 Å². The maximum atomic E-state index is 13.2. The SMILES string of the molecule is Cc1ccc(C)c(NC(=O)c2cccc(S(=O)(=O)N3CCN(c4ccc(F)cc4)CC3)c2)c1. The highest BCUT2D eigenvalue weighted by molar-refractivity contribution is 7.89. The summed E-state index contributed by atoms with van der Waals surface area (Å²) in [6.07, 6.45) is 0. The molecule has 3 aromatic rings. The predicted molar refractivity (Wildman–Crippen MR) is 128 cm³/mol. The third kappa shape index (κ3) is 5.07. The summed E-state index contributed by atoms with van der Waals surface area (Å²) in [6.45, 7) is 5.45. The van der Waals surface area contributed by atoms with Crippen molar-refractivity contribution in [2.24, 2.45) is 0 Å². The third-order valence-electron chi connectivity index (χ3n) is 5.81. The predicted octanol–water partition coefficient (Wildman–Crippen LogP) is 4.21. The van der Waals surface area contributed by atoms with Crippen molar-refractivity contribution < 1.29 is 17.6 Å². The van der Waals surface area contributed by atoms with Gasteiger partial charge in [0.25, 0.3) is 5.91 Å². The first-order valence-electron chi connectivity index (χ1n) is 10.7. The molecule has 33 heavy (non-hydrogen) atoms. The number of anilines is 2. The zero-order valence-corrected chi connectivity index (χ0v) is 19.4. The minimum Gasteiger partial charge on any atom is -0.369 e. The molecule has 0 spiro atoms. The highest BCUT2D eigenvalue weighted by Crippen LogP contribution is 2.23. The van der Waals surface area contributed by atoms with Gasteiger partial charge in [-0.2, -0.15) is 4.31 Å². The number of hydrogen-bond acceptors (Lipinski definition) is 4. The zero-order valence-electron chi connectivity index (χ0n) is 18.6. The molecule has 8 heteroatoms. The van der Waals surface area contributed by atoms with E-state index >= 15 is 0 Å². The van der Waals surface area contributed by atoms with Crippen molar-refractivity contribution in [1.82, 2.24) is 4.31 Å². The zero-order chi connectivity index (χ0) is 23.6. The number of benzene rings is 3. The molecular formula is C25H26FN3O3S. The van der Waals surface area contributed by atoms with Gasteiger partial charge >= 0.3 is 0 Å². The standard InChI is InChI=1S/C25H26FN3O3S/c1-18-6-7-19(2)24(16-18)27-25(30)20-4-3-5-23(17-20)33(31,32)29-14-12-28(13-15-29)22-10-8-21(26)9-11-22/h3-11,16-17H,12-15H2,1-2H3,(H,27,30). The summed E-state index contributed by atoms with van der Waals surface area (Å²) in [7, 11) is -3.75. The Bertz CT molecular complexity index is 1270. The van der Waals surface area contributed by atoms with E-state index in [4.69, 9.17) is 0 Å². The van der Waals surface area contributed by atoms with E-state index in [1.165, 1.54) is 28.6 Å². The molecule has 1 fully saturated rings. The van der Waals surface area contributed by atoms with Crippen LogP contribution in [-0.2, 0) is 10.0 Å². The second-order valence-electron chi connectivity index (χ2n) is 8.17. The largest absolute Gasteiger partial charge is 0.369 e. The molecule has 0 radical (unpaired) electrons. The van der Waals surface area contributed by atoms with Gasteiger partial charge in [0.2, 0.25) is 10.0 Å². The van der Waals surface area contributed by atoms with Gasteiger partial charge in [-0.05, 0) is 73.5 Å². The van der Waals surface area contributed by atoms with E-state index in [0.717, 1.165) is 16.8 Å². The molecule has 4 rings (SSSR count). The minimum atomic E-state index is -3.75. The van der Waals surface area contributed by atoms with Crippen molar-refractivity contribution in [3.63, 3.8) is 0 Å². The molecule has 1 N–H and O–H groups in total. The number of amides is 1. The van der Waals surface area contributed by atoms with Crippen molar-refractivity contribution in [3.8, 4) is 0 Å². The second kappa shape index (κ2) is 9.33. The summed E-state index contributed by atoms with van der Waals surface area (Å²) in [4.78, 5) is 14.9. The number of nitrogens with one attached hydrogen (secondary N) is 1. The van der Waals surface area contributed by atoms with E-state index in [1.54, 1.807) is 24.3 Å². The summed E-state index contributed by atoms with van der Waals surface area (Å²) in [5.74, 6) is -0.664. The van der Waals surface area contributed by atoms with Crippen LogP contribution in [0.5, 0.6) is 0 Å². The van der Waals surface area contributed by atoms with Crippen LogP contribution < -0.4 is 10.2 Å². The Morgan fingerprint density at radius 3 is 2.30 bits per heavy atom. The van der Waals surface area contributed by atoms with E-state index < -0.39 is 10.0 Å². The summed E-state index contributed by atoms with van der Waals surface area (Å²) < 4.78 is 41.1. The Labute approximate surface area is 193 Å². The summed E-state index contributed by atoms with van der Waals surface area (Å²) in [6, 6.07) is 18.1. The number of carbonyl (C=O) groups is 1.